The number of aromatic nitrogens is 3. The standard InChI is InChI=1S/C16H14N4O2/c1-11-15(22-16(21)12-5-3-2-4-6-12)20(19-18-11)14-9-7-13(17)8-10-14/h2-10H,17H2,1H3. The summed E-state index contributed by atoms with van der Waals surface area (Å²) in [5, 5.41) is 7.98. The normalized spacial score (nSPS) is 10.4. The van der Waals surface area contributed by atoms with Crippen LogP contribution in [0.3, 0.4) is 0 Å². The summed E-state index contributed by atoms with van der Waals surface area (Å²) < 4.78 is 6.92. The second-order valence-electron chi connectivity index (χ2n) is 4.74. The van der Waals surface area contributed by atoms with Crippen molar-refractivity contribution in [2.45, 2.75) is 6.92 Å². The lowest BCUT2D eigenvalue weighted by molar-refractivity contribution is 0.0721. The molecule has 0 unspecified atom stereocenters. The van der Waals surface area contributed by atoms with Crippen molar-refractivity contribution in [2.75, 3.05) is 5.73 Å². The highest BCUT2D eigenvalue weighted by Crippen LogP contribution is 2.21. The van der Waals surface area contributed by atoms with Crippen LogP contribution in [0.25, 0.3) is 5.69 Å². The van der Waals surface area contributed by atoms with Gasteiger partial charge in [-0.1, -0.05) is 23.4 Å². The van der Waals surface area contributed by atoms with E-state index in [-0.39, 0.29) is 0 Å². The van der Waals surface area contributed by atoms with E-state index in [1.165, 1.54) is 4.68 Å². The number of carbonyl (C=O) groups is 1. The molecule has 0 saturated carbocycles. The van der Waals surface area contributed by atoms with E-state index in [0.717, 1.165) is 0 Å². The molecule has 2 aromatic carbocycles. The molecule has 1 heterocycles. The van der Waals surface area contributed by atoms with Gasteiger partial charge in [0.2, 0.25) is 5.88 Å². The molecule has 0 spiro atoms. The Morgan fingerprint density at radius 2 is 1.77 bits per heavy atom. The Hall–Kier alpha value is -3.15. The van der Waals surface area contributed by atoms with Crippen LogP contribution in [0.2, 0.25) is 0 Å². The summed E-state index contributed by atoms with van der Waals surface area (Å²) in [5.41, 5.74) is 8.02. The molecule has 6 nitrogen and oxygen atoms in total. The second-order valence-corrected chi connectivity index (χ2v) is 4.74. The summed E-state index contributed by atoms with van der Waals surface area (Å²) in [5.74, 6) is -0.165. The van der Waals surface area contributed by atoms with Gasteiger partial charge in [-0.25, -0.2) is 4.79 Å². The summed E-state index contributed by atoms with van der Waals surface area (Å²) in [6, 6.07) is 15.8. The molecule has 0 saturated heterocycles. The van der Waals surface area contributed by atoms with Gasteiger partial charge in [0.15, 0.2) is 0 Å². The van der Waals surface area contributed by atoms with Gasteiger partial charge in [0, 0.05) is 5.69 Å². The molecule has 0 radical (unpaired) electrons. The van der Waals surface area contributed by atoms with Crippen LogP contribution in [0.5, 0.6) is 5.88 Å². The van der Waals surface area contributed by atoms with Crippen LogP contribution >= 0.6 is 0 Å². The molecule has 0 aliphatic carbocycles. The predicted octanol–water partition coefficient (Wildman–Crippen LogP) is 2.38. The smallest absolute Gasteiger partial charge is 0.344 e. The minimum absolute atomic E-state index is 0.290. The molecule has 0 bridgehead atoms. The van der Waals surface area contributed by atoms with Gasteiger partial charge in [0.25, 0.3) is 0 Å². The number of esters is 1. The Balaban J connectivity index is 1.93. The first-order valence-electron chi connectivity index (χ1n) is 6.70. The van der Waals surface area contributed by atoms with E-state index in [4.69, 9.17) is 10.5 Å². The lowest BCUT2D eigenvalue weighted by Gasteiger charge is -2.08. The maximum Gasteiger partial charge on any atom is 0.344 e. The number of aryl methyl sites for hydroxylation is 1. The molecule has 0 atom stereocenters. The molecule has 0 aliphatic heterocycles. The number of ether oxygens (including phenoxy) is 1. The van der Waals surface area contributed by atoms with Crippen LogP contribution in [0.1, 0.15) is 16.1 Å². The maximum absolute atomic E-state index is 12.2. The summed E-state index contributed by atoms with van der Waals surface area (Å²) in [6.07, 6.45) is 0. The van der Waals surface area contributed by atoms with Crippen molar-refractivity contribution in [1.29, 1.82) is 0 Å². The Morgan fingerprint density at radius 3 is 2.45 bits per heavy atom. The topological polar surface area (TPSA) is 83.0 Å². The second kappa shape index (κ2) is 5.69. The lowest BCUT2D eigenvalue weighted by atomic mass is 10.2. The first-order chi connectivity index (χ1) is 10.6. The van der Waals surface area contributed by atoms with Crippen LogP contribution in [-0.2, 0) is 0 Å². The molecule has 110 valence electrons. The Morgan fingerprint density at radius 1 is 1.09 bits per heavy atom. The molecule has 3 rings (SSSR count). The van der Waals surface area contributed by atoms with E-state index in [2.05, 4.69) is 10.3 Å². The first-order valence-corrected chi connectivity index (χ1v) is 6.70. The van der Waals surface area contributed by atoms with Gasteiger partial charge in [-0.3, -0.25) is 0 Å². The van der Waals surface area contributed by atoms with Crippen LogP contribution in [-0.4, -0.2) is 21.0 Å². The average molecular weight is 294 g/mol. The number of carbonyl (C=O) groups excluding carboxylic acids is 1. The number of hydrogen-bond acceptors (Lipinski definition) is 5. The van der Waals surface area contributed by atoms with E-state index < -0.39 is 5.97 Å². The third kappa shape index (κ3) is 2.67. The number of hydrogen-bond donors (Lipinski definition) is 1. The molecule has 0 amide bonds. The van der Waals surface area contributed by atoms with Gasteiger partial charge in [-0.05, 0) is 43.3 Å². The van der Waals surface area contributed by atoms with Gasteiger partial charge in [-0.2, -0.15) is 4.68 Å². The van der Waals surface area contributed by atoms with Crippen LogP contribution in [0.15, 0.2) is 54.6 Å². The number of benzene rings is 2. The number of nitrogens with zero attached hydrogens (tertiary/aromatic N) is 3. The fourth-order valence-electron chi connectivity index (χ4n) is 1.97. The zero-order valence-corrected chi connectivity index (χ0v) is 11.9. The first kappa shape index (κ1) is 13.8. The van der Waals surface area contributed by atoms with E-state index in [9.17, 15) is 4.79 Å². The molecular formula is C16H14N4O2. The highest BCUT2D eigenvalue weighted by Gasteiger charge is 2.17. The van der Waals surface area contributed by atoms with Gasteiger partial charge < -0.3 is 10.5 Å². The van der Waals surface area contributed by atoms with Crippen molar-refractivity contribution in [3.05, 3.63) is 65.9 Å². The largest absolute Gasteiger partial charge is 0.402 e. The van der Waals surface area contributed by atoms with Crippen LogP contribution < -0.4 is 10.5 Å². The van der Waals surface area contributed by atoms with Crippen molar-refractivity contribution in [2.24, 2.45) is 0 Å². The Labute approximate surface area is 127 Å². The van der Waals surface area contributed by atoms with Crippen molar-refractivity contribution >= 4 is 11.7 Å². The lowest BCUT2D eigenvalue weighted by Crippen LogP contribution is -2.12. The van der Waals surface area contributed by atoms with Crippen LogP contribution in [0, 0.1) is 6.92 Å². The zero-order valence-electron chi connectivity index (χ0n) is 11.9. The number of nitrogen functional groups attached to an aromatic ring is 1. The van der Waals surface area contributed by atoms with Crippen LogP contribution in [0.4, 0.5) is 5.69 Å². The maximum atomic E-state index is 12.2. The summed E-state index contributed by atoms with van der Waals surface area (Å²) in [6.45, 7) is 1.73. The quantitative estimate of drug-likeness (QED) is 0.592. The molecule has 1 aromatic heterocycles. The molecule has 22 heavy (non-hydrogen) atoms. The molecule has 0 fully saturated rings. The molecule has 0 aliphatic rings. The molecule has 2 N–H and O–H groups in total. The summed E-state index contributed by atoms with van der Waals surface area (Å²) in [7, 11) is 0. The van der Waals surface area contributed by atoms with Crippen molar-refractivity contribution in [3.8, 4) is 11.6 Å². The molecule has 3 aromatic rings. The van der Waals surface area contributed by atoms with Crippen molar-refractivity contribution in [1.82, 2.24) is 15.0 Å². The van der Waals surface area contributed by atoms with E-state index in [0.29, 0.717) is 28.5 Å². The number of rotatable bonds is 3. The SMILES string of the molecule is Cc1nnn(-c2ccc(N)cc2)c1OC(=O)c1ccccc1. The minimum atomic E-state index is -0.456. The number of anilines is 1. The average Bonchev–Trinajstić information content (AvgIpc) is 2.90. The third-order valence-corrected chi connectivity index (χ3v) is 3.12. The monoisotopic (exact) mass is 294 g/mol. The Bertz CT molecular complexity index is 795. The van der Waals surface area contributed by atoms with Crippen molar-refractivity contribution in [3.63, 3.8) is 0 Å². The number of nitrogens with two attached hydrogens (primary N) is 1. The summed E-state index contributed by atoms with van der Waals surface area (Å²) in [4.78, 5) is 12.2. The van der Waals surface area contributed by atoms with E-state index >= 15 is 0 Å². The van der Waals surface area contributed by atoms with Gasteiger partial charge >= 0.3 is 5.97 Å². The molecular weight excluding hydrogens is 280 g/mol. The fourth-order valence-corrected chi connectivity index (χ4v) is 1.97. The summed E-state index contributed by atoms with van der Waals surface area (Å²) >= 11 is 0. The Kier molecular flexibility index (Phi) is 3.57. The highest BCUT2D eigenvalue weighted by atomic mass is 16.5. The highest BCUT2D eigenvalue weighted by molar-refractivity contribution is 5.90. The minimum Gasteiger partial charge on any atom is -0.402 e. The fraction of sp³-hybridized carbons (Fsp3) is 0.0625. The van der Waals surface area contributed by atoms with E-state index in [1.54, 1.807) is 55.5 Å². The third-order valence-electron chi connectivity index (χ3n) is 3.12. The van der Waals surface area contributed by atoms with Gasteiger partial charge in [0.1, 0.15) is 5.69 Å². The van der Waals surface area contributed by atoms with Crippen molar-refractivity contribution < 1.29 is 9.53 Å². The molecule has 6 heteroatoms. The predicted molar refractivity (Wildman–Crippen MR) is 81.9 cm³/mol. The van der Waals surface area contributed by atoms with Gasteiger partial charge in [0.05, 0.1) is 11.3 Å². The van der Waals surface area contributed by atoms with E-state index in [1.807, 2.05) is 6.07 Å². The van der Waals surface area contributed by atoms with Gasteiger partial charge in [-0.15, -0.1) is 5.10 Å². The zero-order chi connectivity index (χ0) is 15.5.